The molecule has 6 rings (SSSR count). The number of unbranched alkanes of at least 4 members (excludes halogenated alkanes) is 1. The van der Waals surface area contributed by atoms with Crippen LogP contribution in [-0.4, -0.2) is 46.6 Å². The quantitative estimate of drug-likeness (QED) is 0.132. The minimum absolute atomic E-state index is 0.161. The monoisotopic (exact) mass is 676 g/mol. The number of hydrogen-bond acceptors (Lipinski definition) is 9. The molecular formula is C38H36N4O6S. The highest BCUT2D eigenvalue weighted by Crippen LogP contribution is 2.31. The fraction of sp³-hybridized carbons (Fsp3) is 0.237. The molecule has 10 nitrogen and oxygen atoms in total. The van der Waals surface area contributed by atoms with Crippen molar-refractivity contribution in [3.8, 4) is 22.7 Å². The fourth-order valence-electron chi connectivity index (χ4n) is 5.64. The first-order chi connectivity index (χ1) is 23.8. The molecule has 0 N–H and O–H groups in total. The number of carbonyl (C=O) groups is 2. The van der Waals surface area contributed by atoms with Gasteiger partial charge >= 0.3 is 11.9 Å². The van der Waals surface area contributed by atoms with Gasteiger partial charge in [0.05, 0.1) is 53.4 Å². The highest BCUT2D eigenvalue weighted by Gasteiger charge is 2.33. The summed E-state index contributed by atoms with van der Waals surface area (Å²) in [6.45, 7) is 6.39. The number of esters is 2. The first-order valence-electron chi connectivity index (χ1n) is 16.1. The average Bonchev–Trinajstić information content (AvgIpc) is 3.68. The third-order valence-electron chi connectivity index (χ3n) is 8.11. The number of fused-ring (bicyclic) bond motifs is 1. The van der Waals surface area contributed by atoms with Crippen LogP contribution >= 0.6 is 11.3 Å². The number of nitrogens with zero attached hydrogens (tertiary/aromatic N) is 4. The summed E-state index contributed by atoms with van der Waals surface area (Å²) in [5.74, 6) is -0.270. The Balaban J connectivity index is 1.49. The van der Waals surface area contributed by atoms with E-state index in [1.165, 1.54) is 23.0 Å². The van der Waals surface area contributed by atoms with E-state index in [0.29, 0.717) is 38.5 Å². The maximum absolute atomic E-state index is 14.3. The third kappa shape index (κ3) is 6.88. The number of aromatic nitrogens is 3. The molecule has 0 fully saturated rings. The number of carbonyl (C=O) groups excluding carboxylic acids is 2. The van der Waals surface area contributed by atoms with E-state index in [2.05, 4.69) is 6.92 Å². The lowest BCUT2D eigenvalue weighted by Crippen LogP contribution is -2.40. The number of methoxy groups -OCH3 is 1. The van der Waals surface area contributed by atoms with Crippen LogP contribution in [0.5, 0.6) is 5.75 Å². The number of rotatable bonds is 11. The smallest absolute Gasteiger partial charge is 0.338 e. The van der Waals surface area contributed by atoms with Crippen LogP contribution in [0.15, 0.2) is 106 Å². The van der Waals surface area contributed by atoms with Crippen LogP contribution in [0.2, 0.25) is 0 Å². The molecule has 2 aromatic heterocycles. The molecule has 49 heavy (non-hydrogen) atoms. The van der Waals surface area contributed by atoms with Crippen LogP contribution in [0, 0.1) is 0 Å². The fourth-order valence-corrected chi connectivity index (χ4v) is 6.68. The van der Waals surface area contributed by atoms with E-state index in [4.69, 9.17) is 24.3 Å². The van der Waals surface area contributed by atoms with E-state index in [0.717, 1.165) is 35.4 Å². The second-order valence-corrected chi connectivity index (χ2v) is 12.4. The summed E-state index contributed by atoms with van der Waals surface area (Å²) in [5.41, 5.74) is 4.50. The molecule has 3 aromatic carbocycles. The molecule has 0 aliphatic carbocycles. The molecule has 0 saturated heterocycles. The van der Waals surface area contributed by atoms with E-state index in [1.54, 1.807) is 42.8 Å². The number of thiazole rings is 1. The van der Waals surface area contributed by atoms with Crippen molar-refractivity contribution in [3.63, 3.8) is 0 Å². The lowest BCUT2D eigenvalue weighted by molar-refractivity contribution is -0.139. The molecule has 1 aliphatic rings. The molecule has 3 heterocycles. The summed E-state index contributed by atoms with van der Waals surface area (Å²) in [4.78, 5) is 44.9. The minimum atomic E-state index is -0.823. The molecule has 0 spiro atoms. The Bertz CT molecular complexity index is 2200. The van der Waals surface area contributed by atoms with Gasteiger partial charge in [-0.25, -0.2) is 19.3 Å². The first-order valence-corrected chi connectivity index (χ1v) is 16.9. The zero-order valence-corrected chi connectivity index (χ0v) is 28.5. The van der Waals surface area contributed by atoms with Crippen LogP contribution in [-0.2, 0) is 14.3 Å². The van der Waals surface area contributed by atoms with E-state index in [1.807, 2.05) is 66.9 Å². The molecule has 0 radical (unpaired) electrons. The summed E-state index contributed by atoms with van der Waals surface area (Å²) < 4.78 is 19.9. The van der Waals surface area contributed by atoms with Crippen molar-refractivity contribution < 1.29 is 23.8 Å². The van der Waals surface area contributed by atoms with E-state index < -0.39 is 18.0 Å². The van der Waals surface area contributed by atoms with E-state index >= 15 is 0 Å². The minimum Gasteiger partial charge on any atom is -0.494 e. The summed E-state index contributed by atoms with van der Waals surface area (Å²) in [5, 5.41) is 4.93. The molecule has 1 aliphatic heterocycles. The maximum atomic E-state index is 14.3. The summed E-state index contributed by atoms with van der Waals surface area (Å²) in [6.07, 6.45) is 5.74. The van der Waals surface area contributed by atoms with Gasteiger partial charge < -0.3 is 14.2 Å². The number of ether oxygens (including phenoxy) is 3. The Kier molecular flexibility index (Phi) is 10.0. The molecule has 1 unspecified atom stereocenters. The molecule has 250 valence electrons. The van der Waals surface area contributed by atoms with Gasteiger partial charge in [-0.05, 0) is 80.4 Å². The van der Waals surface area contributed by atoms with Crippen LogP contribution in [0.4, 0.5) is 0 Å². The highest BCUT2D eigenvalue weighted by atomic mass is 32.1. The molecule has 0 saturated carbocycles. The maximum Gasteiger partial charge on any atom is 0.338 e. The molecule has 1 atom stereocenters. The Morgan fingerprint density at radius 1 is 0.959 bits per heavy atom. The lowest BCUT2D eigenvalue weighted by Gasteiger charge is -2.24. The summed E-state index contributed by atoms with van der Waals surface area (Å²) in [6, 6.07) is 23.4. The van der Waals surface area contributed by atoms with Gasteiger partial charge in [0.15, 0.2) is 4.80 Å². The SMILES string of the molecule is CCCCOc1ccc(-c2nn(-c3ccccc3)cc2C=c2sc3n(c2=O)C(c2ccc(C(=O)OC)cc2)C(C(=O)OCC)=C(C)N=3)cc1. The van der Waals surface area contributed by atoms with Gasteiger partial charge in [-0.15, -0.1) is 0 Å². The zero-order chi connectivity index (χ0) is 34.5. The predicted octanol–water partition coefficient (Wildman–Crippen LogP) is 5.62. The van der Waals surface area contributed by atoms with Crippen LogP contribution < -0.4 is 19.6 Å². The molecule has 0 amide bonds. The van der Waals surface area contributed by atoms with Gasteiger partial charge in [-0.3, -0.25) is 9.36 Å². The Morgan fingerprint density at radius 2 is 1.69 bits per heavy atom. The Morgan fingerprint density at radius 3 is 2.37 bits per heavy atom. The molecular weight excluding hydrogens is 641 g/mol. The lowest BCUT2D eigenvalue weighted by atomic mass is 9.95. The number of allylic oxidation sites excluding steroid dienone is 1. The Labute approximate surface area is 287 Å². The zero-order valence-electron chi connectivity index (χ0n) is 27.7. The van der Waals surface area contributed by atoms with Gasteiger partial charge in [0.1, 0.15) is 11.4 Å². The van der Waals surface area contributed by atoms with Gasteiger partial charge in [-0.1, -0.05) is 55.0 Å². The van der Waals surface area contributed by atoms with Crippen molar-refractivity contribution in [2.24, 2.45) is 4.99 Å². The van der Waals surface area contributed by atoms with Crippen molar-refractivity contribution in [1.29, 1.82) is 0 Å². The molecule has 0 bridgehead atoms. The van der Waals surface area contributed by atoms with Gasteiger partial charge in [0.25, 0.3) is 5.56 Å². The van der Waals surface area contributed by atoms with Crippen molar-refractivity contribution in [2.45, 2.75) is 39.7 Å². The van der Waals surface area contributed by atoms with E-state index in [-0.39, 0.29) is 17.7 Å². The number of hydrogen-bond donors (Lipinski definition) is 0. The second kappa shape index (κ2) is 14.7. The number of benzene rings is 3. The van der Waals surface area contributed by atoms with Crippen LogP contribution in [0.25, 0.3) is 23.0 Å². The molecule has 5 aromatic rings. The predicted molar refractivity (Wildman–Crippen MR) is 188 cm³/mol. The van der Waals surface area contributed by atoms with Crippen LogP contribution in [0.3, 0.4) is 0 Å². The van der Waals surface area contributed by atoms with Crippen molar-refractivity contribution in [2.75, 3.05) is 20.3 Å². The Hall–Kier alpha value is -5.55. The van der Waals surface area contributed by atoms with Crippen molar-refractivity contribution in [1.82, 2.24) is 14.3 Å². The summed E-state index contributed by atoms with van der Waals surface area (Å²) >= 11 is 1.23. The molecule has 11 heteroatoms. The third-order valence-corrected chi connectivity index (χ3v) is 9.09. The van der Waals surface area contributed by atoms with Gasteiger partial charge in [-0.2, -0.15) is 5.10 Å². The average molecular weight is 677 g/mol. The van der Waals surface area contributed by atoms with Crippen LogP contribution in [0.1, 0.15) is 61.1 Å². The first kappa shape index (κ1) is 33.4. The summed E-state index contributed by atoms with van der Waals surface area (Å²) in [7, 11) is 1.31. The number of para-hydroxylation sites is 1. The van der Waals surface area contributed by atoms with E-state index in [9.17, 15) is 14.4 Å². The normalized spacial score (nSPS) is 14.3. The highest BCUT2D eigenvalue weighted by molar-refractivity contribution is 7.07. The standard InChI is InChI=1S/C38H36N4O6S/c1-5-7-21-48-30-19-17-25(18-20-30)33-28(23-41(40-33)29-11-9-8-10-12-29)22-31-35(43)42-34(26-13-15-27(16-14-26)36(44)46-4)32(37(45)47-6-2)24(3)39-38(42)49-31/h8-20,22-23,34H,5-7,21H2,1-4H3. The largest absolute Gasteiger partial charge is 0.494 e. The second-order valence-electron chi connectivity index (χ2n) is 11.4. The van der Waals surface area contributed by atoms with Crippen molar-refractivity contribution in [3.05, 3.63) is 133 Å². The topological polar surface area (TPSA) is 114 Å². The van der Waals surface area contributed by atoms with Gasteiger partial charge in [0.2, 0.25) is 0 Å². The van der Waals surface area contributed by atoms with Crippen molar-refractivity contribution >= 4 is 29.4 Å². The van der Waals surface area contributed by atoms with Gasteiger partial charge in [0, 0.05) is 17.3 Å².